The lowest BCUT2D eigenvalue weighted by Crippen LogP contribution is -2.36. The third-order valence-electron chi connectivity index (χ3n) is 6.98. The normalized spacial score (nSPS) is 15.4. The molecule has 4 heterocycles. The second-order valence-electron chi connectivity index (χ2n) is 9.59. The molecule has 0 radical (unpaired) electrons. The monoisotopic (exact) mass is 562 g/mol. The summed E-state index contributed by atoms with van der Waals surface area (Å²) in [4.78, 5) is 34.3. The molecule has 1 amide bonds. The van der Waals surface area contributed by atoms with E-state index in [2.05, 4.69) is 10.2 Å². The number of morpholine rings is 1. The quantitative estimate of drug-likeness (QED) is 0.241. The van der Waals surface area contributed by atoms with E-state index < -0.39 is 5.25 Å². The molecule has 2 aliphatic rings. The molecule has 6 rings (SSSR count). The minimum Gasteiger partial charge on any atom is -0.467 e. The van der Waals surface area contributed by atoms with Gasteiger partial charge in [-0.3, -0.25) is 14.2 Å². The average molecular weight is 563 g/mol. The standard InChI is InChI=1S/C29H30N4O6S/c1-2-26(27(34)30-16-21-4-3-11-37-21)40-29-31-23-7-6-20(32-9-12-36-13-10-32)15-22(23)28(35)33(29)17-19-5-8-24-25(14-19)39-18-38-24/h3-8,11,14-15,26H,2,9-10,12-13,16-18H2,1H3,(H,30,34)/t26-/m0/s1. The fraction of sp³-hybridized carbons (Fsp3) is 0.345. The van der Waals surface area contributed by atoms with Gasteiger partial charge in [0.25, 0.3) is 5.56 Å². The second kappa shape index (κ2) is 11.6. The molecule has 2 aromatic heterocycles. The molecule has 40 heavy (non-hydrogen) atoms. The van der Waals surface area contributed by atoms with Crippen molar-refractivity contribution in [2.45, 2.75) is 36.8 Å². The SMILES string of the molecule is CC[C@H](Sc1nc2ccc(N3CCOCC3)cc2c(=O)n1Cc1ccc2c(c1)OCO2)C(=O)NCc1ccco1. The summed E-state index contributed by atoms with van der Waals surface area (Å²) in [5.41, 5.74) is 2.27. The molecule has 2 aromatic carbocycles. The summed E-state index contributed by atoms with van der Waals surface area (Å²) in [7, 11) is 0. The zero-order chi connectivity index (χ0) is 27.5. The maximum atomic E-state index is 14.0. The summed E-state index contributed by atoms with van der Waals surface area (Å²) in [6.45, 7) is 5.52. The van der Waals surface area contributed by atoms with E-state index in [1.165, 1.54) is 11.8 Å². The van der Waals surface area contributed by atoms with Gasteiger partial charge in [-0.1, -0.05) is 24.8 Å². The molecule has 0 bridgehead atoms. The lowest BCUT2D eigenvalue weighted by atomic mass is 10.1. The van der Waals surface area contributed by atoms with E-state index >= 15 is 0 Å². The van der Waals surface area contributed by atoms with Gasteiger partial charge in [-0.25, -0.2) is 4.98 Å². The predicted octanol–water partition coefficient (Wildman–Crippen LogP) is 3.79. The number of rotatable bonds is 9. The molecule has 11 heteroatoms. The summed E-state index contributed by atoms with van der Waals surface area (Å²) in [6, 6.07) is 15.0. The smallest absolute Gasteiger partial charge is 0.262 e. The molecule has 0 saturated carbocycles. The van der Waals surface area contributed by atoms with E-state index in [1.54, 1.807) is 16.9 Å². The third-order valence-corrected chi connectivity index (χ3v) is 8.34. The maximum Gasteiger partial charge on any atom is 0.262 e. The predicted molar refractivity (Wildman–Crippen MR) is 151 cm³/mol. The van der Waals surface area contributed by atoms with Gasteiger partial charge < -0.3 is 28.8 Å². The van der Waals surface area contributed by atoms with Crippen molar-refractivity contribution in [1.29, 1.82) is 0 Å². The Kier molecular flexibility index (Phi) is 7.65. The zero-order valence-corrected chi connectivity index (χ0v) is 22.9. The number of hydrogen-bond acceptors (Lipinski definition) is 9. The highest BCUT2D eigenvalue weighted by Gasteiger charge is 2.23. The van der Waals surface area contributed by atoms with Crippen molar-refractivity contribution in [2.24, 2.45) is 0 Å². The molecule has 10 nitrogen and oxygen atoms in total. The van der Waals surface area contributed by atoms with Crippen molar-refractivity contribution in [3.63, 3.8) is 0 Å². The number of furan rings is 1. The number of thioether (sulfide) groups is 1. The Labute approximate surface area is 235 Å². The number of amides is 1. The van der Waals surface area contributed by atoms with Gasteiger partial charge in [0, 0.05) is 18.8 Å². The van der Waals surface area contributed by atoms with Crippen LogP contribution in [-0.4, -0.2) is 53.8 Å². The molecular formula is C29H30N4O6S. The van der Waals surface area contributed by atoms with Gasteiger partial charge >= 0.3 is 0 Å². The third kappa shape index (κ3) is 5.52. The van der Waals surface area contributed by atoms with Crippen LogP contribution >= 0.6 is 11.8 Å². The van der Waals surface area contributed by atoms with Crippen molar-refractivity contribution >= 4 is 34.3 Å². The van der Waals surface area contributed by atoms with Gasteiger partial charge in [0.15, 0.2) is 16.7 Å². The lowest BCUT2D eigenvalue weighted by molar-refractivity contribution is -0.120. The van der Waals surface area contributed by atoms with Crippen molar-refractivity contribution in [2.75, 3.05) is 38.0 Å². The summed E-state index contributed by atoms with van der Waals surface area (Å²) < 4.78 is 23.5. The van der Waals surface area contributed by atoms with Crippen LogP contribution in [-0.2, 0) is 22.6 Å². The van der Waals surface area contributed by atoms with Gasteiger partial charge in [0.1, 0.15) is 5.76 Å². The fourth-order valence-electron chi connectivity index (χ4n) is 4.81. The number of hydrogen-bond donors (Lipinski definition) is 1. The zero-order valence-electron chi connectivity index (χ0n) is 22.1. The van der Waals surface area contributed by atoms with Crippen molar-refractivity contribution < 1.29 is 23.4 Å². The van der Waals surface area contributed by atoms with Gasteiger partial charge in [0.05, 0.1) is 48.7 Å². The van der Waals surface area contributed by atoms with Crippen LogP contribution in [0.2, 0.25) is 0 Å². The summed E-state index contributed by atoms with van der Waals surface area (Å²) in [6.07, 6.45) is 2.13. The molecule has 0 unspecified atom stereocenters. The van der Waals surface area contributed by atoms with Crippen LogP contribution < -0.4 is 25.2 Å². The van der Waals surface area contributed by atoms with Crippen LogP contribution in [0.5, 0.6) is 11.5 Å². The van der Waals surface area contributed by atoms with Gasteiger partial charge in [-0.15, -0.1) is 0 Å². The first-order chi connectivity index (χ1) is 19.6. The Hall–Kier alpha value is -3.96. The number of nitrogens with one attached hydrogen (secondary N) is 1. The number of aromatic nitrogens is 2. The summed E-state index contributed by atoms with van der Waals surface area (Å²) >= 11 is 1.29. The molecule has 1 atom stereocenters. The van der Waals surface area contributed by atoms with E-state index in [-0.39, 0.29) is 24.8 Å². The van der Waals surface area contributed by atoms with Crippen LogP contribution in [0.15, 0.2) is 69.2 Å². The topological polar surface area (TPSA) is 108 Å². The Morgan fingerprint density at radius 1 is 1.10 bits per heavy atom. The average Bonchev–Trinajstić information content (AvgIpc) is 3.69. The molecule has 1 N–H and O–H groups in total. The lowest BCUT2D eigenvalue weighted by Gasteiger charge is -2.29. The van der Waals surface area contributed by atoms with Gasteiger partial charge in [-0.05, 0) is 54.4 Å². The fourth-order valence-corrected chi connectivity index (χ4v) is 5.85. The number of ether oxygens (including phenoxy) is 3. The minimum atomic E-state index is -0.449. The van der Waals surface area contributed by atoms with E-state index in [1.807, 2.05) is 49.4 Å². The largest absolute Gasteiger partial charge is 0.467 e. The van der Waals surface area contributed by atoms with Crippen LogP contribution in [0.1, 0.15) is 24.7 Å². The number of carbonyl (C=O) groups excluding carboxylic acids is 1. The van der Waals surface area contributed by atoms with E-state index in [0.29, 0.717) is 59.5 Å². The van der Waals surface area contributed by atoms with Gasteiger partial charge in [-0.2, -0.15) is 0 Å². The molecule has 0 spiro atoms. The first-order valence-electron chi connectivity index (χ1n) is 13.3. The summed E-state index contributed by atoms with van der Waals surface area (Å²) in [5, 5.41) is 3.50. The van der Waals surface area contributed by atoms with Crippen LogP contribution in [0.3, 0.4) is 0 Å². The highest BCUT2D eigenvalue weighted by atomic mass is 32.2. The molecular weight excluding hydrogens is 532 g/mol. The molecule has 208 valence electrons. The first kappa shape index (κ1) is 26.3. The van der Waals surface area contributed by atoms with Crippen LogP contribution in [0.25, 0.3) is 10.9 Å². The van der Waals surface area contributed by atoms with Crippen LogP contribution in [0, 0.1) is 0 Å². The summed E-state index contributed by atoms with van der Waals surface area (Å²) in [5.74, 6) is 1.85. The van der Waals surface area contributed by atoms with Crippen LogP contribution in [0.4, 0.5) is 5.69 Å². The number of carbonyl (C=O) groups is 1. The number of nitrogens with zero attached hydrogens (tertiary/aromatic N) is 3. The van der Waals surface area contributed by atoms with E-state index in [9.17, 15) is 9.59 Å². The molecule has 4 aromatic rings. The van der Waals surface area contributed by atoms with Crippen molar-refractivity contribution in [3.8, 4) is 11.5 Å². The van der Waals surface area contributed by atoms with Crippen molar-refractivity contribution in [1.82, 2.24) is 14.9 Å². The Balaban J connectivity index is 1.35. The Morgan fingerprint density at radius 2 is 1.95 bits per heavy atom. The maximum absolute atomic E-state index is 14.0. The minimum absolute atomic E-state index is 0.143. The Bertz CT molecular complexity index is 1570. The number of benzene rings is 2. The van der Waals surface area contributed by atoms with Gasteiger partial charge in [0.2, 0.25) is 12.7 Å². The van der Waals surface area contributed by atoms with Crippen molar-refractivity contribution in [3.05, 3.63) is 76.5 Å². The number of anilines is 1. The molecule has 2 aliphatic heterocycles. The molecule has 0 aliphatic carbocycles. The second-order valence-corrected chi connectivity index (χ2v) is 10.8. The molecule has 1 saturated heterocycles. The Morgan fingerprint density at radius 3 is 2.75 bits per heavy atom. The first-order valence-corrected chi connectivity index (χ1v) is 14.2. The highest BCUT2D eigenvalue weighted by Crippen LogP contribution is 2.33. The van der Waals surface area contributed by atoms with E-state index in [4.69, 9.17) is 23.6 Å². The number of fused-ring (bicyclic) bond motifs is 2. The van der Waals surface area contributed by atoms with E-state index in [0.717, 1.165) is 24.3 Å². The highest BCUT2D eigenvalue weighted by molar-refractivity contribution is 8.00. The molecule has 1 fully saturated rings.